The molecule has 3 aromatic carbocycles. The molecule has 14 heteroatoms. The summed E-state index contributed by atoms with van der Waals surface area (Å²) in [6.07, 6.45) is 0.287. The zero-order chi connectivity index (χ0) is 36.7. The molecule has 2 atom stereocenters. The molecule has 51 heavy (non-hydrogen) atoms. The third-order valence-electron chi connectivity index (χ3n) is 9.33. The van der Waals surface area contributed by atoms with Crippen molar-refractivity contribution >= 4 is 35.1 Å². The number of carbonyl (C=O) groups is 4. The Hall–Kier alpha value is -4.98. The summed E-state index contributed by atoms with van der Waals surface area (Å²) in [5.74, 6) is -4.36. The van der Waals surface area contributed by atoms with E-state index in [-0.39, 0.29) is 29.9 Å². The van der Waals surface area contributed by atoms with E-state index < -0.39 is 66.4 Å². The number of esters is 1. The Balaban J connectivity index is 1.40. The zero-order valence-corrected chi connectivity index (χ0v) is 28.2. The fraction of sp³-hybridized carbons (Fsp3) is 0.405. The van der Waals surface area contributed by atoms with Crippen molar-refractivity contribution in [2.75, 3.05) is 30.3 Å². The number of carbonyl (C=O) groups excluding carboxylic acids is 4. The van der Waals surface area contributed by atoms with Gasteiger partial charge in [0.15, 0.2) is 0 Å². The van der Waals surface area contributed by atoms with E-state index in [1.54, 1.807) is 13.0 Å². The minimum atomic E-state index is -4.86. The number of likely N-dealkylation sites (tertiary alicyclic amines) is 1. The number of hydrogen-bond acceptors (Lipinski definition) is 7. The number of benzene rings is 3. The Bertz CT molecular complexity index is 1720. The van der Waals surface area contributed by atoms with Gasteiger partial charge in [0.1, 0.15) is 19.0 Å². The Morgan fingerprint density at radius 2 is 1.65 bits per heavy atom. The molecule has 1 saturated heterocycles. The van der Waals surface area contributed by atoms with Gasteiger partial charge in [-0.2, -0.15) is 13.2 Å². The number of aryl methyl sites for hydroxylation is 1. The highest BCUT2D eigenvalue weighted by Gasteiger charge is 2.41. The van der Waals surface area contributed by atoms with Crippen molar-refractivity contribution in [2.45, 2.75) is 70.3 Å². The average molecular weight is 712 g/mol. The molecule has 2 aliphatic rings. The normalized spacial score (nSPS) is 17.9. The largest absolute Gasteiger partial charge is 0.459 e. The maximum Gasteiger partial charge on any atom is 0.416 e. The van der Waals surface area contributed by atoms with Crippen LogP contribution in [0, 0.1) is 18.7 Å². The third-order valence-corrected chi connectivity index (χ3v) is 9.33. The number of alkyl halides is 3. The van der Waals surface area contributed by atoms with Gasteiger partial charge in [0.05, 0.1) is 29.6 Å². The molecule has 3 aromatic rings. The number of nitrogens with one attached hydrogen (secondary N) is 3. The van der Waals surface area contributed by atoms with Crippen molar-refractivity contribution < 1.29 is 41.5 Å². The minimum Gasteiger partial charge on any atom is -0.459 e. The molecule has 1 aliphatic heterocycles. The van der Waals surface area contributed by atoms with Crippen LogP contribution in [0.4, 0.5) is 28.9 Å². The molecule has 1 heterocycles. The summed E-state index contributed by atoms with van der Waals surface area (Å²) in [4.78, 5) is 52.7. The van der Waals surface area contributed by atoms with Crippen molar-refractivity contribution in [3.05, 3.63) is 94.3 Å². The van der Waals surface area contributed by atoms with Crippen LogP contribution in [0.25, 0.3) is 0 Å². The van der Waals surface area contributed by atoms with E-state index in [0.29, 0.717) is 30.0 Å². The quantitative estimate of drug-likeness (QED) is 0.144. The van der Waals surface area contributed by atoms with Gasteiger partial charge in [-0.25, -0.2) is 4.39 Å². The molecule has 1 aliphatic carbocycles. The van der Waals surface area contributed by atoms with Gasteiger partial charge in [0.2, 0.25) is 11.8 Å². The van der Waals surface area contributed by atoms with Crippen LogP contribution >= 0.6 is 0 Å². The molecule has 1 saturated carbocycles. The van der Waals surface area contributed by atoms with Crippen LogP contribution in [0.15, 0.2) is 60.7 Å². The lowest BCUT2D eigenvalue weighted by Gasteiger charge is -2.41. The summed E-state index contributed by atoms with van der Waals surface area (Å²) in [7, 11) is 0. The van der Waals surface area contributed by atoms with Crippen molar-refractivity contribution in [2.24, 2.45) is 11.7 Å². The Labute approximate surface area is 293 Å². The van der Waals surface area contributed by atoms with Crippen LogP contribution in [-0.4, -0.2) is 54.3 Å². The van der Waals surface area contributed by atoms with Gasteiger partial charge in [0.25, 0.3) is 5.91 Å². The van der Waals surface area contributed by atoms with Crippen molar-refractivity contribution in [3.63, 3.8) is 0 Å². The molecular formula is C37H41F4N5O5. The van der Waals surface area contributed by atoms with E-state index >= 15 is 4.39 Å². The Morgan fingerprint density at radius 1 is 0.941 bits per heavy atom. The van der Waals surface area contributed by atoms with E-state index in [4.69, 9.17) is 10.5 Å². The van der Waals surface area contributed by atoms with Crippen molar-refractivity contribution in [3.8, 4) is 0 Å². The number of ether oxygens (including phenoxy) is 1. The predicted molar refractivity (Wildman–Crippen MR) is 182 cm³/mol. The summed E-state index contributed by atoms with van der Waals surface area (Å²) in [5.41, 5.74) is 5.36. The summed E-state index contributed by atoms with van der Waals surface area (Å²) in [5, 5.41) is 8.30. The molecule has 272 valence electrons. The van der Waals surface area contributed by atoms with Crippen LogP contribution in [-0.2, 0) is 31.9 Å². The smallest absolute Gasteiger partial charge is 0.416 e. The van der Waals surface area contributed by atoms with Gasteiger partial charge in [0, 0.05) is 29.5 Å². The molecule has 0 aromatic heterocycles. The lowest BCUT2D eigenvalue weighted by atomic mass is 9.83. The van der Waals surface area contributed by atoms with Crippen LogP contribution < -0.4 is 21.7 Å². The average Bonchev–Trinajstić information content (AvgIpc) is 3.62. The standard InChI is InChI=1S/C37H41F4N5O5/c1-22-6-4-10-30(38)33(22)36(50)46-17-5-9-28(34(46)23-11-14-26(15-12-23)44-25-7-2-3-8-25)35(49)45-27-16-13-24(29(18-27)37(39,40)41)21-51-32(48)20-43-31(47)19-42/h4,6,10-16,18,25,28,34,44H,2-3,5,7-9,17,19-21,42H2,1H3,(H,43,47)(H,45,49)/t28-,34-/m0/s1. The number of nitrogens with zero attached hydrogens (tertiary/aromatic N) is 1. The molecule has 0 bridgehead atoms. The molecule has 5 N–H and O–H groups in total. The van der Waals surface area contributed by atoms with E-state index in [1.807, 2.05) is 24.3 Å². The van der Waals surface area contributed by atoms with Crippen LogP contribution in [0.5, 0.6) is 0 Å². The minimum absolute atomic E-state index is 0.101. The fourth-order valence-electron chi connectivity index (χ4n) is 6.77. The second-order valence-electron chi connectivity index (χ2n) is 12.9. The number of hydrogen-bond donors (Lipinski definition) is 4. The Kier molecular flexibility index (Phi) is 12.0. The number of amides is 3. The summed E-state index contributed by atoms with van der Waals surface area (Å²) < 4.78 is 62.4. The second kappa shape index (κ2) is 16.4. The van der Waals surface area contributed by atoms with Gasteiger partial charge < -0.3 is 31.3 Å². The molecule has 2 fully saturated rings. The molecule has 3 amide bonds. The molecule has 0 radical (unpaired) electrons. The predicted octanol–water partition coefficient (Wildman–Crippen LogP) is 5.86. The maximum absolute atomic E-state index is 15.1. The summed E-state index contributed by atoms with van der Waals surface area (Å²) in [6.45, 7) is 0.202. The van der Waals surface area contributed by atoms with Gasteiger partial charge >= 0.3 is 12.1 Å². The molecule has 0 unspecified atom stereocenters. The number of piperidine rings is 1. The van der Waals surface area contributed by atoms with Crippen LogP contribution in [0.1, 0.15) is 77.2 Å². The molecule has 5 rings (SSSR count). The first-order chi connectivity index (χ1) is 24.3. The maximum atomic E-state index is 15.1. The van der Waals surface area contributed by atoms with Gasteiger partial charge in [-0.15, -0.1) is 0 Å². The van der Waals surface area contributed by atoms with E-state index in [2.05, 4.69) is 16.0 Å². The van der Waals surface area contributed by atoms with Crippen molar-refractivity contribution in [1.29, 1.82) is 0 Å². The first-order valence-electron chi connectivity index (χ1n) is 16.9. The Morgan fingerprint density at radius 3 is 2.31 bits per heavy atom. The van der Waals surface area contributed by atoms with Gasteiger partial charge in [-0.1, -0.05) is 43.2 Å². The molecule has 10 nitrogen and oxygen atoms in total. The highest BCUT2D eigenvalue weighted by atomic mass is 19.4. The fourth-order valence-corrected chi connectivity index (χ4v) is 6.77. The summed E-state index contributed by atoms with van der Waals surface area (Å²) >= 11 is 0. The van der Waals surface area contributed by atoms with E-state index in [0.717, 1.165) is 43.5 Å². The SMILES string of the molecule is Cc1cccc(F)c1C(=O)N1CCC[C@H](C(=O)Nc2ccc(COC(=O)CNC(=O)CN)c(C(F)(F)F)c2)[C@@H]1c1ccc(NC2CCCC2)cc1. The van der Waals surface area contributed by atoms with E-state index in [1.165, 1.54) is 23.1 Å². The van der Waals surface area contributed by atoms with Crippen molar-refractivity contribution in [1.82, 2.24) is 10.2 Å². The lowest BCUT2D eigenvalue weighted by Crippen LogP contribution is -2.46. The first-order valence-corrected chi connectivity index (χ1v) is 16.9. The van der Waals surface area contributed by atoms with Gasteiger partial charge in [-0.05, 0) is 74.1 Å². The number of nitrogens with two attached hydrogens (primary N) is 1. The van der Waals surface area contributed by atoms with Crippen LogP contribution in [0.2, 0.25) is 0 Å². The van der Waals surface area contributed by atoms with E-state index in [9.17, 15) is 32.3 Å². The highest BCUT2D eigenvalue weighted by Crippen LogP contribution is 2.40. The highest BCUT2D eigenvalue weighted by molar-refractivity contribution is 5.98. The molecule has 0 spiro atoms. The molecular weight excluding hydrogens is 670 g/mol. The van der Waals surface area contributed by atoms with Crippen LogP contribution in [0.3, 0.4) is 0 Å². The number of halogens is 4. The topological polar surface area (TPSA) is 143 Å². The third kappa shape index (κ3) is 9.23. The first kappa shape index (κ1) is 37.3. The summed E-state index contributed by atoms with van der Waals surface area (Å²) in [6, 6.07) is 14.4. The number of anilines is 2. The monoisotopic (exact) mass is 711 g/mol. The lowest BCUT2D eigenvalue weighted by molar-refractivity contribution is -0.147. The number of rotatable bonds is 11. The zero-order valence-electron chi connectivity index (χ0n) is 28.2. The second-order valence-corrected chi connectivity index (χ2v) is 12.9. The van der Waals surface area contributed by atoms with Gasteiger partial charge in [-0.3, -0.25) is 19.2 Å².